The van der Waals surface area contributed by atoms with E-state index in [1.165, 1.54) is 6.07 Å². The van der Waals surface area contributed by atoms with Crippen molar-refractivity contribution in [2.45, 2.75) is 17.2 Å². The van der Waals surface area contributed by atoms with Gasteiger partial charge in [-0.3, -0.25) is 0 Å². The van der Waals surface area contributed by atoms with Gasteiger partial charge < -0.3 is 0 Å². The van der Waals surface area contributed by atoms with E-state index in [1.807, 2.05) is 0 Å². The van der Waals surface area contributed by atoms with Gasteiger partial charge in [-0.25, -0.2) is 13.1 Å². The lowest BCUT2D eigenvalue weighted by molar-refractivity contribution is 0.569. The Morgan fingerprint density at radius 2 is 1.85 bits per heavy atom. The van der Waals surface area contributed by atoms with E-state index < -0.39 is 10.0 Å². The summed E-state index contributed by atoms with van der Waals surface area (Å²) in [7, 11) is -3.60. The normalized spacial score (nSPS) is 13.4. The van der Waals surface area contributed by atoms with Crippen LogP contribution in [0.4, 0.5) is 0 Å². The first-order valence-corrected chi connectivity index (χ1v) is 9.37. The quantitative estimate of drug-likeness (QED) is 0.776. The number of rotatable bonds is 4. The molecule has 20 heavy (non-hydrogen) atoms. The highest BCUT2D eigenvalue weighted by atomic mass is 79.9. The molecule has 1 heterocycles. The van der Waals surface area contributed by atoms with Gasteiger partial charge >= 0.3 is 0 Å². The molecule has 8 heteroatoms. The van der Waals surface area contributed by atoms with Crippen LogP contribution in [0.5, 0.6) is 0 Å². The summed E-state index contributed by atoms with van der Waals surface area (Å²) in [6.07, 6.45) is 0. The number of halogens is 3. The van der Waals surface area contributed by atoms with Crippen LogP contribution in [0.2, 0.25) is 10.0 Å². The number of nitrogens with one attached hydrogen (secondary N) is 1. The average molecular weight is 415 g/mol. The van der Waals surface area contributed by atoms with Crippen molar-refractivity contribution in [3.05, 3.63) is 49.7 Å². The molecule has 1 unspecified atom stereocenters. The van der Waals surface area contributed by atoms with Crippen LogP contribution in [0.15, 0.2) is 38.3 Å². The van der Waals surface area contributed by atoms with E-state index in [2.05, 4.69) is 20.7 Å². The third kappa shape index (κ3) is 3.75. The Morgan fingerprint density at radius 1 is 1.25 bits per heavy atom. The minimum atomic E-state index is -3.60. The van der Waals surface area contributed by atoms with E-state index in [4.69, 9.17) is 23.2 Å². The maximum Gasteiger partial charge on any atom is 0.250 e. The summed E-state index contributed by atoms with van der Waals surface area (Å²) >= 11 is 16.0. The molecular weight excluding hydrogens is 405 g/mol. The molecule has 3 nitrogen and oxygen atoms in total. The number of sulfonamides is 1. The van der Waals surface area contributed by atoms with Crippen molar-refractivity contribution in [2.75, 3.05) is 0 Å². The lowest BCUT2D eigenvalue weighted by Gasteiger charge is -2.13. The summed E-state index contributed by atoms with van der Waals surface area (Å²) in [5.74, 6) is 0. The second-order valence-electron chi connectivity index (χ2n) is 4.08. The molecule has 0 radical (unpaired) electrons. The topological polar surface area (TPSA) is 46.2 Å². The maximum atomic E-state index is 12.2. The maximum absolute atomic E-state index is 12.2. The van der Waals surface area contributed by atoms with Gasteiger partial charge in [0.1, 0.15) is 4.21 Å². The highest BCUT2D eigenvalue weighted by Crippen LogP contribution is 2.35. The van der Waals surface area contributed by atoms with Crippen LogP contribution < -0.4 is 4.72 Å². The summed E-state index contributed by atoms with van der Waals surface area (Å²) in [5, 5.41) is 0.993. The van der Waals surface area contributed by atoms with Crippen molar-refractivity contribution in [3.63, 3.8) is 0 Å². The SMILES string of the molecule is CC(NS(=O)(=O)c1cc(Cl)c(Br)s1)c1ccc(Cl)cc1. The number of thiophene rings is 1. The summed E-state index contributed by atoms with van der Waals surface area (Å²) < 4.78 is 27.9. The van der Waals surface area contributed by atoms with Gasteiger partial charge in [0, 0.05) is 11.1 Å². The molecule has 1 atom stereocenters. The molecule has 0 aliphatic rings. The van der Waals surface area contributed by atoms with Crippen molar-refractivity contribution in [2.24, 2.45) is 0 Å². The Morgan fingerprint density at radius 3 is 2.35 bits per heavy atom. The Kier molecular flexibility index (Phi) is 5.15. The van der Waals surface area contributed by atoms with Crippen LogP contribution in [0, 0.1) is 0 Å². The van der Waals surface area contributed by atoms with E-state index in [0.717, 1.165) is 16.9 Å². The van der Waals surface area contributed by atoms with E-state index in [9.17, 15) is 8.42 Å². The molecule has 108 valence electrons. The first kappa shape index (κ1) is 16.3. The molecule has 1 aromatic carbocycles. The largest absolute Gasteiger partial charge is 0.250 e. The minimum Gasteiger partial charge on any atom is -0.206 e. The highest BCUT2D eigenvalue weighted by molar-refractivity contribution is 9.11. The molecule has 1 aromatic heterocycles. The zero-order chi connectivity index (χ0) is 14.9. The number of hydrogen-bond donors (Lipinski definition) is 1. The second-order valence-corrected chi connectivity index (χ2v) is 9.24. The van der Waals surface area contributed by atoms with Crippen molar-refractivity contribution in [3.8, 4) is 0 Å². The van der Waals surface area contributed by atoms with E-state index >= 15 is 0 Å². The smallest absolute Gasteiger partial charge is 0.206 e. The van der Waals surface area contributed by atoms with Gasteiger partial charge in [-0.2, -0.15) is 0 Å². The Hall–Kier alpha value is -0.110. The predicted octanol–water partition coefficient (Wildman–Crippen LogP) is 4.86. The molecule has 0 aliphatic heterocycles. The van der Waals surface area contributed by atoms with Crippen LogP contribution in [0.25, 0.3) is 0 Å². The molecule has 0 aliphatic carbocycles. The van der Waals surface area contributed by atoms with Gasteiger partial charge in [-0.1, -0.05) is 35.3 Å². The Labute approximate surface area is 140 Å². The van der Waals surface area contributed by atoms with Crippen molar-refractivity contribution < 1.29 is 8.42 Å². The summed E-state index contributed by atoms with van der Waals surface area (Å²) in [6.45, 7) is 1.77. The Bertz CT molecular complexity index is 694. The molecule has 0 bridgehead atoms. The molecule has 1 N–H and O–H groups in total. The monoisotopic (exact) mass is 413 g/mol. The van der Waals surface area contributed by atoms with Gasteiger partial charge in [-0.15, -0.1) is 11.3 Å². The van der Waals surface area contributed by atoms with E-state index in [1.54, 1.807) is 31.2 Å². The van der Waals surface area contributed by atoms with Gasteiger partial charge in [0.15, 0.2) is 0 Å². The first-order chi connectivity index (χ1) is 9.29. The lowest BCUT2D eigenvalue weighted by atomic mass is 10.1. The molecular formula is C12H10BrCl2NO2S2. The molecule has 0 fully saturated rings. The van der Waals surface area contributed by atoms with Crippen LogP contribution in [0.1, 0.15) is 18.5 Å². The third-order valence-electron chi connectivity index (χ3n) is 2.59. The van der Waals surface area contributed by atoms with E-state index in [0.29, 0.717) is 13.8 Å². The van der Waals surface area contributed by atoms with Crippen molar-refractivity contribution in [1.82, 2.24) is 4.72 Å². The fourth-order valence-electron chi connectivity index (χ4n) is 1.57. The second kappa shape index (κ2) is 6.34. The zero-order valence-electron chi connectivity index (χ0n) is 10.2. The average Bonchev–Trinajstić information content (AvgIpc) is 2.71. The molecule has 0 spiro atoms. The summed E-state index contributed by atoms with van der Waals surface area (Å²) in [4.78, 5) is 0. The number of benzene rings is 1. The lowest BCUT2D eigenvalue weighted by Crippen LogP contribution is -2.26. The molecule has 0 amide bonds. The van der Waals surface area contributed by atoms with Crippen molar-refractivity contribution in [1.29, 1.82) is 0 Å². The molecule has 0 saturated heterocycles. The first-order valence-electron chi connectivity index (χ1n) is 5.52. The fraction of sp³-hybridized carbons (Fsp3) is 0.167. The van der Waals surface area contributed by atoms with Gasteiger partial charge in [0.25, 0.3) is 10.0 Å². The number of hydrogen-bond acceptors (Lipinski definition) is 3. The van der Waals surface area contributed by atoms with Gasteiger partial charge in [0.2, 0.25) is 0 Å². The summed E-state index contributed by atoms with van der Waals surface area (Å²) in [6, 6.07) is 8.07. The standard InChI is InChI=1S/C12H10BrCl2NO2S2/c1-7(8-2-4-9(14)5-3-8)16-20(17,18)11-6-10(15)12(13)19-11/h2-7,16H,1H3. The van der Waals surface area contributed by atoms with Gasteiger partial charge in [-0.05, 0) is 46.6 Å². The minimum absolute atomic E-state index is 0.176. The summed E-state index contributed by atoms with van der Waals surface area (Å²) in [5.41, 5.74) is 0.833. The van der Waals surface area contributed by atoms with E-state index in [-0.39, 0.29) is 10.3 Å². The third-order valence-corrected chi connectivity index (χ3v) is 7.33. The fourth-order valence-corrected chi connectivity index (χ4v) is 5.34. The predicted molar refractivity (Wildman–Crippen MR) is 87.2 cm³/mol. The van der Waals surface area contributed by atoms with Crippen LogP contribution in [0.3, 0.4) is 0 Å². The highest BCUT2D eigenvalue weighted by Gasteiger charge is 2.21. The Balaban J connectivity index is 2.21. The van der Waals surface area contributed by atoms with Crippen LogP contribution >= 0.6 is 50.5 Å². The zero-order valence-corrected chi connectivity index (χ0v) is 15.0. The van der Waals surface area contributed by atoms with Crippen LogP contribution in [-0.4, -0.2) is 8.42 Å². The van der Waals surface area contributed by atoms with Crippen LogP contribution in [-0.2, 0) is 10.0 Å². The molecule has 2 rings (SSSR count). The molecule has 0 saturated carbocycles. The van der Waals surface area contributed by atoms with Gasteiger partial charge in [0.05, 0.1) is 8.81 Å². The van der Waals surface area contributed by atoms with Crippen molar-refractivity contribution >= 4 is 60.5 Å². The molecule has 2 aromatic rings.